The number of benzene rings is 1. The van der Waals surface area contributed by atoms with E-state index in [1.807, 2.05) is 18.2 Å². The maximum Gasteiger partial charge on any atom is 0.167 e. The summed E-state index contributed by atoms with van der Waals surface area (Å²) in [5, 5.41) is 9.81. The molecule has 0 aliphatic carbocycles. The zero-order valence-corrected chi connectivity index (χ0v) is 9.93. The lowest BCUT2D eigenvalue weighted by Gasteiger charge is -2.04. The Morgan fingerprint density at radius 2 is 1.58 bits per heavy atom. The van der Waals surface area contributed by atoms with Crippen molar-refractivity contribution < 1.29 is 5.11 Å². The second kappa shape index (κ2) is 4.81. The van der Waals surface area contributed by atoms with Crippen molar-refractivity contribution >= 4 is 0 Å². The number of hydrogen-bond acceptors (Lipinski definition) is 5. The van der Waals surface area contributed by atoms with Crippen molar-refractivity contribution in [3.8, 4) is 28.5 Å². The van der Waals surface area contributed by atoms with E-state index in [-0.39, 0.29) is 5.75 Å². The third-order valence-corrected chi connectivity index (χ3v) is 2.66. The number of aromatic hydroxyl groups is 1. The largest absolute Gasteiger partial charge is 0.507 e. The number of rotatable bonds is 2. The average Bonchev–Trinajstić information content (AvgIpc) is 2.49. The van der Waals surface area contributed by atoms with Crippen LogP contribution in [0.2, 0.25) is 0 Å². The van der Waals surface area contributed by atoms with E-state index in [2.05, 4.69) is 19.9 Å². The van der Waals surface area contributed by atoms with Gasteiger partial charge in [0, 0.05) is 18.0 Å². The summed E-state index contributed by atoms with van der Waals surface area (Å²) >= 11 is 0. The van der Waals surface area contributed by atoms with E-state index in [0.717, 1.165) is 5.56 Å². The molecule has 3 rings (SSSR count). The molecule has 0 saturated carbocycles. The molecule has 92 valence electrons. The molecule has 0 aliphatic heterocycles. The molecule has 0 saturated heterocycles. The summed E-state index contributed by atoms with van der Waals surface area (Å²) in [6, 6.07) is 10.6. The number of nitrogens with zero attached hydrogens (tertiary/aromatic N) is 4. The second-order valence-corrected chi connectivity index (χ2v) is 3.89. The first-order valence-electron chi connectivity index (χ1n) is 5.72. The minimum atomic E-state index is 0.148. The molecule has 1 N–H and O–H groups in total. The van der Waals surface area contributed by atoms with Gasteiger partial charge < -0.3 is 5.11 Å². The van der Waals surface area contributed by atoms with E-state index in [0.29, 0.717) is 17.2 Å². The molecule has 19 heavy (non-hydrogen) atoms. The summed E-state index contributed by atoms with van der Waals surface area (Å²) in [6.45, 7) is 0. The SMILES string of the molecule is Oc1ccccc1-c1ncnc(-c2ccncc2)n1. The maximum absolute atomic E-state index is 9.81. The lowest BCUT2D eigenvalue weighted by atomic mass is 10.2. The Kier molecular flexibility index (Phi) is 2.86. The number of aromatic nitrogens is 4. The van der Waals surface area contributed by atoms with Crippen molar-refractivity contribution in [2.75, 3.05) is 0 Å². The summed E-state index contributed by atoms with van der Waals surface area (Å²) in [4.78, 5) is 16.5. The van der Waals surface area contributed by atoms with Crippen molar-refractivity contribution in [3.05, 3.63) is 55.1 Å². The Bertz CT molecular complexity index is 701. The lowest BCUT2D eigenvalue weighted by Crippen LogP contribution is -1.95. The fraction of sp³-hybridized carbons (Fsp3) is 0. The number of para-hydroxylation sites is 1. The molecule has 2 heterocycles. The standard InChI is InChI=1S/C14H10N4O/c19-12-4-2-1-3-11(12)14-17-9-16-13(18-14)10-5-7-15-8-6-10/h1-9,19H. The molecule has 0 spiro atoms. The Morgan fingerprint density at radius 3 is 2.37 bits per heavy atom. The van der Waals surface area contributed by atoms with Crippen LogP contribution in [0.5, 0.6) is 5.75 Å². The van der Waals surface area contributed by atoms with Gasteiger partial charge in [-0.15, -0.1) is 0 Å². The normalized spacial score (nSPS) is 10.3. The van der Waals surface area contributed by atoms with Gasteiger partial charge in [-0.25, -0.2) is 15.0 Å². The fourth-order valence-corrected chi connectivity index (χ4v) is 1.73. The van der Waals surface area contributed by atoms with Gasteiger partial charge in [-0.2, -0.15) is 0 Å². The van der Waals surface area contributed by atoms with E-state index in [9.17, 15) is 5.11 Å². The van der Waals surface area contributed by atoms with Crippen molar-refractivity contribution in [2.45, 2.75) is 0 Å². The summed E-state index contributed by atoms with van der Waals surface area (Å²) in [5.74, 6) is 1.14. The van der Waals surface area contributed by atoms with Crippen molar-refractivity contribution in [1.29, 1.82) is 0 Å². The monoisotopic (exact) mass is 250 g/mol. The molecule has 3 aromatic rings. The van der Waals surface area contributed by atoms with E-state index >= 15 is 0 Å². The van der Waals surface area contributed by atoms with Crippen molar-refractivity contribution in [2.24, 2.45) is 0 Å². The number of hydrogen-bond donors (Lipinski definition) is 1. The van der Waals surface area contributed by atoms with Crippen LogP contribution < -0.4 is 0 Å². The molecule has 0 atom stereocenters. The molecule has 0 fully saturated rings. The van der Waals surface area contributed by atoms with E-state index < -0.39 is 0 Å². The number of phenolic OH excluding ortho intramolecular Hbond substituents is 1. The molecule has 5 nitrogen and oxygen atoms in total. The molecule has 0 unspecified atom stereocenters. The molecular formula is C14H10N4O. The lowest BCUT2D eigenvalue weighted by molar-refractivity contribution is 0.477. The fourth-order valence-electron chi connectivity index (χ4n) is 1.73. The van der Waals surface area contributed by atoms with Crippen molar-refractivity contribution in [3.63, 3.8) is 0 Å². The minimum absolute atomic E-state index is 0.148. The topological polar surface area (TPSA) is 71.8 Å². The first kappa shape index (κ1) is 11.3. The van der Waals surface area contributed by atoms with Gasteiger partial charge in [0.05, 0.1) is 5.56 Å². The van der Waals surface area contributed by atoms with Crippen LogP contribution in [0, 0.1) is 0 Å². The van der Waals surface area contributed by atoms with Gasteiger partial charge in [0.25, 0.3) is 0 Å². The predicted molar refractivity (Wildman–Crippen MR) is 70.2 cm³/mol. The van der Waals surface area contributed by atoms with Crippen LogP contribution in [-0.4, -0.2) is 25.0 Å². The minimum Gasteiger partial charge on any atom is -0.507 e. The first-order chi connectivity index (χ1) is 9.34. The highest BCUT2D eigenvalue weighted by atomic mass is 16.3. The highest BCUT2D eigenvalue weighted by Gasteiger charge is 2.08. The van der Waals surface area contributed by atoms with Gasteiger partial charge in [-0.05, 0) is 24.3 Å². The van der Waals surface area contributed by atoms with Gasteiger partial charge >= 0.3 is 0 Å². The number of pyridine rings is 1. The highest BCUT2D eigenvalue weighted by molar-refractivity contribution is 5.65. The van der Waals surface area contributed by atoms with Crippen LogP contribution in [0.1, 0.15) is 0 Å². The molecule has 2 aromatic heterocycles. The van der Waals surface area contributed by atoms with Crippen molar-refractivity contribution in [1.82, 2.24) is 19.9 Å². The van der Waals surface area contributed by atoms with Gasteiger partial charge in [-0.1, -0.05) is 12.1 Å². The van der Waals surface area contributed by atoms with Crippen LogP contribution in [0.25, 0.3) is 22.8 Å². The van der Waals surface area contributed by atoms with Gasteiger partial charge in [-0.3, -0.25) is 4.98 Å². The van der Waals surface area contributed by atoms with Crippen LogP contribution in [0.3, 0.4) is 0 Å². The van der Waals surface area contributed by atoms with Gasteiger partial charge in [0.1, 0.15) is 12.1 Å². The first-order valence-corrected chi connectivity index (χ1v) is 5.72. The van der Waals surface area contributed by atoms with Crippen LogP contribution in [0.15, 0.2) is 55.1 Å². The van der Waals surface area contributed by atoms with E-state index in [1.54, 1.807) is 30.6 Å². The Labute approximate surface area is 109 Å². The molecule has 1 aromatic carbocycles. The summed E-state index contributed by atoms with van der Waals surface area (Å²) < 4.78 is 0. The molecule has 0 bridgehead atoms. The van der Waals surface area contributed by atoms with Crippen LogP contribution in [-0.2, 0) is 0 Å². The zero-order chi connectivity index (χ0) is 13.1. The summed E-state index contributed by atoms with van der Waals surface area (Å²) in [6.07, 6.45) is 4.79. The third-order valence-electron chi connectivity index (χ3n) is 2.66. The zero-order valence-electron chi connectivity index (χ0n) is 9.93. The van der Waals surface area contributed by atoms with E-state index in [1.165, 1.54) is 6.33 Å². The Hall–Kier alpha value is -2.82. The smallest absolute Gasteiger partial charge is 0.167 e. The highest BCUT2D eigenvalue weighted by Crippen LogP contribution is 2.26. The van der Waals surface area contributed by atoms with Crippen LogP contribution >= 0.6 is 0 Å². The molecule has 0 amide bonds. The summed E-state index contributed by atoms with van der Waals surface area (Å²) in [7, 11) is 0. The predicted octanol–water partition coefficient (Wildman–Crippen LogP) is 2.31. The van der Waals surface area contributed by atoms with E-state index in [4.69, 9.17) is 0 Å². The Balaban J connectivity index is 2.09. The molecular weight excluding hydrogens is 240 g/mol. The van der Waals surface area contributed by atoms with Crippen LogP contribution in [0.4, 0.5) is 0 Å². The van der Waals surface area contributed by atoms with Gasteiger partial charge in [0.15, 0.2) is 11.6 Å². The maximum atomic E-state index is 9.81. The quantitative estimate of drug-likeness (QED) is 0.755. The Morgan fingerprint density at radius 1 is 0.842 bits per heavy atom. The second-order valence-electron chi connectivity index (χ2n) is 3.89. The molecule has 5 heteroatoms. The number of phenols is 1. The average molecular weight is 250 g/mol. The molecule has 0 aliphatic rings. The third kappa shape index (κ3) is 2.26. The molecule has 0 radical (unpaired) electrons. The van der Waals surface area contributed by atoms with Gasteiger partial charge in [0.2, 0.25) is 0 Å². The summed E-state index contributed by atoms with van der Waals surface area (Å²) in [5.41, 5.74) is 1.44.